The van der Waals surface area contributed by atoms with Crippen LogP contribution in [-0.4, -0.2) is 12.2 Å². The van der Waals surface area contributed by atoms with E-state index >= 15 is 0 Å². The molecule has 0 saturated heterocycles. The molecular formula is C15H14ClFO2. The van der Waals surface area contributed by atoms with Gasteiger partial charge in [0.1, 0.15) is 11.6 Å². The number of hydrogen-bond acceptors (Lipinski definition) is 2. The molecule has 0 heterocycles. The van der Waals surface area contributed by atoms with E-state index in [0.29, 0.717) is 12.0 Å². The Kier molecular flexibility index (Phi) is 4.40. The van der Waals surface area contributed by atoms with Crippen LogP contribution in [0, 0.1) is 5.82 Å². The first-order valence-electron chi connectivity index (χ1n) is 5.86. The molecule has 1 atom stereocenters. The zero-order chi connectivity index (χ0) is 13.8. The Labute approximate surface area is 116 Å². The number of benzene rings is 2. The summed E-state index contributed by atoms with van der Waals surface area (Å²) in [6.45, 7) is 0. The Morgan fingerprint density at radius 3 is 2.47 bits per heavy atom. The van der Waals surface area contributed by atoms with Crippen LogP contribution >= 0.6 is 11.6 Å². The lowest BCUT2D eigenvalue weighted by atomic mass is 10.0. The fraction of sp³-hybridized carbons (Fsp3) is 0.200. The first-order valence-corrected chi connectivity index (χ1v) is 6.24. The minimum atomic E-state index is -0.763. The lowest BCUT2D eigenvalue weighted by molar-refractivity contribution is 0.178. The number of rotatable bonds is 4. The van der Waals surface area contributed by atoms with Crippen LogP contribution in [0.25, 0.3) is 0 Å². The molecule has 2 aromatic rings. The van der Waals surface area contributed by atoms with Crippen LogP contribution in [0.3, 0.4) is 0 Å². The zero-order valence-electron chi connectivity index (χ0n) is 10.4. The summed E-state index contributed by atoms with van der Waals surface area (Å²) < 4.78 is 18.0. The summed E-state index contributed by atoms with van der Waals surface area (Å²) in [6, 6.07) is 11.4. The number of aliphatic hydroxyl groups is 1. The fourth-order valence-electron chi connectivity index (χ4n) is 1.87. The maximum absolute atomic E-state index is 12.9. The molecule has 0 aliphatic heterocycles. The van der Waals surface area contributed by atoms with E-state index in [4.69, 9.17) is 16.3 Å². The van der Waals surface area contributed by atoms with E-state index in [-0.39, 0.29) is 5.02 Å². The zero-order valence-corrected chi connectivity index (χ0v) is 11.2. The molecule has 1 unspecified atom stereocenters. The van der Waals surface area contributed by atoms with Crippen molar-refractivity contribution in [2.45, 2.75) is 12.5 Å². The van der Waals surface area contributed by atoms with E-state index < -0.39 is 11.9 Å². The first-order chi connectivity index (χ1) is 9.10. The predicted octanol–water partition coefficient (Wildman–Crippen LogP) is 3.76. The average Bonchev–Trinajstić information content (AvgIpc) is 2.39. The summed E-state index contributed by atoms with van der Waals surface area (Å²) in [6.07, 6.45) is -0.350. The maximum Gasteiger partial charge on any atom is 0.124 e. The van der Waals surface area contributed by atoms with Crippen LogP contribution in [-0.2, 0) is 6.42 Å². The third kappa shape index (κ3) is 3.46. The van der Waals surface area contributed by atoms with Crippen LogP contribution in [0.4, 0.5) is 4.39 Å². The van der Waals surface area contributed by atoms with Gasteiger partial charge in [-0.05, 0) is 35.4 Å². The lowest BCUT2D eigenvalue weighted by Crippen LogP contribution is -2.03. The van der Waals surface area contributed by atoms with Crippen molar-refractivity contribution in [3.05, 3.63) is 64.4 Å². The van der Waals surface area contributed by atoms with Gasteiger partial charge in [-0.3, -0.25) is 0 Å². The number of aliphatic hydroxyl groups excluding tert-OH is 1. The van der Waals surface area contributed by atoms with Crippen LogP contribution in [0.15, 0.2) is 42.5 Å². The summed E-state index contributed by atoms with van der Waals surface area (Å²) in [5, 5.41) is 10.4. The van der Waals surface area contributed by atoms with Crippen LogP contribution in [0.1, 0.15) is 17.2 Å². The van der Waals surface area contributed by atoms with Gasteiger partial charge in [-0.15, -0.1) is 0 Å². The van der Waals surface area contributed by atoms with Crippen LogP contribution in [0.2, 0.25) is 5.02 Å². The summed E-state index contributed by atoms with van der Waals surface area (Å²) in [7, 11) is 1.60. The molecule has 0 bridgehead atoms. The molecule has 0 aliphatic rings. The quantitative estimate of drug-likeness (QED) is 0.924. The Morgan fingerprint density at radius 2 is 1.89 bits per heavy atom. The first kappa shape index (κ1) is 13.8. The molecule has 0 aliphatic carbocycles. The van der Waals surface area contributed by atoms with E-state index in [1.807, 2.05) is 24.3 Å². The van der Waals surface area contributed by atoms with Crippen molar-refractivity contribution in [3.63, 3.8) is 0 Å². The SMILES string of the molecule is COc1ccc(CC(O)c2ccc(F)cc2Cl)cc1. The average molecular weight is 281 g/mol. The van der Waals surface area contributed by atoms with Gasteiger partial charge >= 0.3 is 0 Å². The largest absolute Gasteiger partial charge is 0.497 e. The molecule has 2 aromatic carbocycles. The highest BCUT2D eigenvalue weighted by molar-refractivity contribution is 6.31. The predicted molar refractivity (Wildman–Crippen MR) is 73.1 cm³/mol. The Balaban J connectivity index is 2.13. The minimum absolute atomic E-state index is 0.237. The van der Waals surface area contributed by atoms with Crippen LogP contribution < -0.4 is 4.74 Å². The highest BCUT2D eigenvalue weighted by atomic mass is 35.5. The number of hydrogen-bond donors (Lipinski definition) is 1. The van der Waals surface area contributed by atoms with Crippen LogP contribution in [0.5, 0.6) is 5.75 Å². The molecular weight excluding hydrogens is 267 g/mol. The smallest absolute Gasteiger partial charge is 0.124 e. The molecule has 0 spiro atoms. The van der Waals surface area contributed by atoms with E-state index in [2.05, 4.69) is 0 Å². The molecule has 1 N–H and O–H groups in total. The van der Waals surface area contributed by atoms with Crippen molar-refractivity contribution >= 4 is 11.6 Å². The van der Waals surface area contributed by atoms with Gasteiger partial charge in [0.2, 0.25) is 0 Å². The fourth-order valence-corrected chi connectivity index (χ4v) is 2.16. The molecule has 100 valence electrons. The van der Waals surface area contributed by atoms with E-state index in [0.717, 1.165) is 11.3 Å². The standard InChI is InChI=1S/C15H14ClFO2/c1-19-12-5-2-10(3-6-12)8-15(18)13-7-4-11(17)9-14(13)16/h2-7,9,15,18H,8H2,1H3. The molecule has 0 fully saturated rings. The lowest BCUT2D eigenvalue weighted by Gasteiger charge is -2.13. The highest BCUT2D eigenvalue weighted by Gasteiger charge is 2.13. The second-order valence-electron chi connectivity index (χ2n) is 4.23. The van der Waals surface area contributed by atoms with Gasteiger partial charge in [-0.1, -0.05) is 29.8 Å². The number of halogens is 2. The summed E-state index contributed by atoms with van der Waals surface area (Å²) in [5.74, 6) is 0.350. The molecule has 4 heteroatoms. The molecule has 0 aromatic heterocycles. The minimum Gasteiger partial charge on any atom is -0.497 e. The van der Waals surface area contributed by atoms with Crippen molar-refractivity contribution in [1.29, 1.82) is 0 Å². The van der Waals surface area contributed by atoms with Crippen molar-refractivity contribution in [1.82, 2.24) is 0 Å². The molecule has 2 nitrogen and oxygen atoms in total. The molecule has 0 radical (unpaired) electrons. The molecule has 0 saturated carbocycles. The van der Waals surface area contributed by atoms with Gasteiger partial charge in [0, 0.05) is 11.4 Å². The number of methoxy groups -OCH3 is 1. The van der Waals surface area contributed by atoms with E-state index in [1.54, 1.807) is 7.11 Å². The summed E-state index contributed by atoms with van der Waals surface area (Å²) in [5.41, 5.74) is 1.48. The van der Waals surface area contributed by atoms with Gasteiger partial charge in [-0.2, -0.15) is 0 Å². The summed E-state index contributed by atoms with van der Waals surface area (Å²) in [4.78, 5) is 0. The van der Waals surface area contributed by atoms with Gasteiger partial charge in [-0.25, -0.2) is 4.39 Å². The molecule has 2 rings (SSSR count). The van der Waals surface area contributed by atoms with E-state index in [1.165, 1.54) is 18.2 Å². The molecule has 19 heavy (non-hydrogen) atoms. The Hall–Kier alpha value is -1.58. The van der Waals surface area contributed by atoms with Crippen molar-refractivity contribution in [2.75, 3.05) is 7.11 Å². The third-order valence-electron chi connectivity index (χ3n) is 2.91. The van der Waals surface area contributed by atoms with Crippen molar-refractivity contribution < 1.29 is 14.2 Å². The third-order valence-corrected chi connectivity index (χ3v) is 3.24. The second-order valence-corrected chi connectivity index (χ2v) is 4.64. The molecule has 0 amide bonds. The summed E-state index contributed by atoms with van der Waals surface area (Å²) >= 11 is 5.92. The maximum atomic E-state index is 12.9. The van der Waals surface area contributed by atoms with Gasteiger partial charge < -0.3 is 9.84 Å². The normalized spacial score (nSPS) is 12.2. The highest BCUT2D eigenvalue weighted by Crippen LogP contribution is 2.26. The van der Waals surface area contributed by atoms with Gasteiger partial charge in [0.05, 0.1) is 13.2 Å². The monoisotopic (exact) mass is 280 g/mol. The topological polar surface area (TPSA) is 29.5 Å². The van der Waals surface area contributed by atoms with E-state index in [9.17, 15) is 9.50 Å². The Bertz CT molecular complexity index is 555. The number of ether oxygens (including phenoxy) is 1. The Morgan fingerprint density at radius 1 is 1.21 bits per heavy atom. The van der Waals surface area contributed by atoms with Crippen molar-refractivity contribution in [2.24, 2.45) is 0 Å². The van der Waals surface area contributed by atoms with Crippen molar-refractivity contribution in [3.8, 4) is 5.75 Å². The van der Waals surface area contributed by atoms with Gasteiger partial charge in [0.25, 0.3) is 0 Å². The second kappa shape index (κ2) is 6.04. The van der Waals surface area contributed by atoms with Gasteiger partial charge in [0.15, 0.2) is 0 Å².